The molecule has 45 heavy (non-hydrogen) atoms. The Labute approximate surface area is 259 Å². The fourth-order valence-electron chi connectivity index (χ4n) is 6.59. The SMILES string of the molecule is CCc1c2c(nc3ccc(OC(=O)[C@@H](C)c4ccc5cc(OC)ccc5c4)cc13)-c1cc3c(c(=O)n1C2)COC(=O)[C@]3(O)CC. The summed E-state index contributed by atoms with van der Waals surface area (Å²) in [5.41, 5.74) is 3.00. The van der Waals surface area contributed by atoms with Crippen molar-refractivity contribution in [3.8, 4) is 22.9 Å². The van der Waals surface area contributed by atoms with E-state index in [1.54, 1.807) is 30.7 Å². The number of nitrogens with zero attached hydrogens (tertiary/aromatic N) is 2. The van der Waals surface area contributed by atoms with E-state index in [0.29, 0.717) is 35.6 Å². The van der Waals surface area contributed by atoms with Crippen LogP contribution in [0.3, 0.4) is 0 Å². The molecule has 0 spiro atoms. The number of cyclic esters (lactones) is 1. The molecule has 2 aromatic heterocycles. The molecule has 0 amide bonds. The van der Waals surface area contributed by atoms with Crippen molar-refractivity contribution < 1.29 is 28.9 Å². The summed E-state index contributed by atoms with van der Waals surface area (Å²) in [7, 11) is 1.63. The Morgan fingerprint density at radius 3 is 2.53 bits per heavy atom. The fourth-order valence-corrected chi connectivity index (χ4v) is 6.59. The molecule has 0 fully saturated rings. The first-order valence-corrected chi connectivity index (χ1v) is 15.1. The van der Waals surface area contributed by atoms with Gasteiger partial charge in [-0.05, 0) is 78.1 Å². The summed E-state index contributed by atoms with van der Waals surface area (Å²) in [6, 6.07) is 18.8. The molecule has 0 radical (unpaired) electrons. The van der Waals surface area contributed by atoms with E-state index in [9.17, 15) is 19.5 Å². The lowest BCUT2D eigenvalue weighted by Crippen LogP contribution is -2.44. The van der Waals surface area contributed by atoms with Crippen molar-refractivity contribution in [1.29, 1.82) is 0 Å². The van der Waals surface area contributed by atoms with Crippen LogP contribution in [0.15, 0.2) is 65.5 Å². The lowest BCUT2D eigenvalue weighted by molar-refractivity contribution is -0.172. The van der Waals surface area contributed by atoms with Gasteiger partial charge in [-0.25, -0.2) is 9.78 Å². The molecule has 0 saturated heterocycles. The smallest absolute Gasteiger partial charge is 0.343 e. The Balaban J connectivity index is 1.23. The summed E-state index contributed by atoms with van der Waals surface area (Å²) in [5, 5.41) is 14.0. The van der Waals surface area contributed by atoms with Gasteiger partial charge in [0.2, 0.25) is 0 Å². The Kier molecular flexibility index (Phi) is 6.74. The highest BCUT2D eigenvalue weighted by Gasteiger charge is 2.45. The van der Waals surface area contributed by atoms with E-state index < -0.39 is 17.5 Å². The third-order valence-corrected chi connectivity index (χ3v) is 9.27. The lowest BCUT2D eigenvalue weighted by Gasteiger charge is -2.31. The second-order valence-corrected chi connectivity index (χ2v) is 11.7. The summed E-state index contributed by atoms with van der Waals surface area (Å²) < 4.78 is 18.0. The second kappa shape index (κ2) is 10.6. The van der Waals surface area contributed by atoms with E-state index in [1.165, 1.54) is 0 Å². The molecule has 9 heteroatoms. The van der Waals surface area contributed by atoms with Crippen LogP contribution in [0.1, 0.15) is 60.9 Å². The lowest BCUT2D eigenvalue weighted by atomic mass is 9.86. The number of aromatic nitrogens is 2. The molecule has 7 rings (SSSR count). The minimum atomic E-state index is -1.88. The molecule has 0 saturated carbocycles. The zero-order valence-electron chi connectivity index (χ0n) is 25.5. The van der Waals surface area contributed by atoms with Crippen LogP contribution in [0.2, 0.25) is 0 Å². The number of hydrogen-bond donors (Lipinski definition) is 1. The van der Waals surface area contributed by atoms with Crippen molar-refractivity contribution in [2.45, 2.75) is 58.3 Å². The van der Waals surface area contributed by atoms with Gasteiger partial charge in [-0.1, -0.05) is 38.1 Å². The highest BCUT2D eigenvalue weighted by Crippen LogP contribution is 2.41. The Bertz CT molecular complexity index is 2130. The van der Waals surface area contributed by atoms with Gasteiger partial charge in [0.1, 0.15) is 18.1 Å². The van der Waals surface area contributed by atoms with E-state index in [2.05, 4.69) is 0 Å². The zero-order valence-corrected chi connectivity index (χ0v) is 25.5. The van der Waals surface area contributed by atoms with E-state index in [1.807, 2.05) is 62.4 Å². The molecule has 0 unspecified atom stereocenters. The number of methoxy groups -OCH3 is 1. The summed E-state index contributed by atoms with van der Waals surface area (Å²) in [6.07, 6.45) is 0.732. The molecule has 5 aromatic rings. The third-order valence-electron chi connectivity index (χ3n) is 9.27. The van der Waals surface area contributed by atoms with Crippen LogP contribution >= 0.6 is 0 Å². The number of esters is 2. The maximum atomic E-state index is 13.6. The van der Waals surface area contributed by atoms with Crippen LogP contribution in [0.25, 0.3) is 33.1 Å². The van der Waals surface area contributed by atoms with Crippen molar-refractivity contribution >= 4 is 33.6 Å². The molecule has 3 aromatic carbocycles. The summed E-state index contributed by atoms with van der Waals surface area (Å²) in [6.45, 7) is 5.66. The van der Waals surface area contributed by atoms with Crippen molar-refractivity contribution in [3.05, 3.63) is 98.8 Å². The van der Waals surface area contributed by atoms with Gasteiger partial charge < -0.3 is 23.9 Å². The third kappa shape index (κ3) is 4.41. The summed E-state index contributed by atoms with van der Waals surface area (Å²) in [4.78, 5) is 44.3. The van der Waals surface area contributed by atoms with Crippen molar-refractivity contribution in [1.82, 2.24) is 9.55 Å². The molecule has 4 heterocycles. The monoisotopic (exact) mass is 604 g/mol. The van der Waals surface area contributed by atoms with E-state index in [-0.39, 0.29) is 35.7 Å². The topological polar surface area (TPSA) is 117 Å². The molecule has 1 N–H and O–H groups in total. The minimum Gasteiger partial charge on any atom is -0.497 e. The molecule has 2 aliphatic rings. The molecule has 9 nitrogen and oxygen atoms in total. The molecule has 2 atom stereocenters. The van der Waals surface area contributed by atoms with Gasteiger partial charge in [-0.3, -0.25) is 9.59 Å². The van der Waals surface area contributed by atoms with Gasteiger partial charge in [-0.2, -0.15) is 0 Å². The van der Waals surface area contributed by atoms with Gasteiger partial charge in [0.05, 0.1) is 42.0 Å². The van der Waals surface area contributed by atoms with Gasteiger partial charge in [0, 0.05) is 16.5 Å². The first kappa shape index (κ1) is 28.7. The number of ether oxygens (including phenoxy) is 3. The number of aryl methyl sites for hydroxylation is 1. The average Bonchev–Trinajstić information content (AvgIpc) is 3.43. The number of fused-ring (bicyclic) bond motifs is 6. The molecule has 2 aliphatic heterocycles. The van der Waals surface area contributed by atoms with Gasteiger partial charge >= 0.3 is 11.9 Å². The normalized spacial score (nSPS) is 17.4. The maximum Gasteiger partial charge on any atom is 0.343 e. The number of aliphatic hydroxyl groups is 1. The van der Waals surface area contributed by atoms with Crippen LogP contribution < -0.4 is 15.0 Å². The summed E-state index contributed by atoms with van der Waals surface area (Å²) >= 11 is 0. The molecule has 0 aliphatic carbocycles. The Hall–Kier alpha value is -5.02. The van der Waals surface area contributed by atoms with Crippen LogP contribution in [0.5, 0.6) is 11.5 Å². The standard InChI is InChI=1S/C36H32N2O7/c1-5-25-26-15-24(45-34(40)19(3)20-7-8-22-14-23(43-4)10-9-21(22)13-20)11-12-30(26)37-32-27(25)17-38-31(32)16-29-28(33(38)39)18-44-35(41)36(29,42)6-2/h7-16,19,42H,5-6,17-18H2,1-4H3/t19-,36-/m0/s1. The van der Waals surface area contributed by atoms with Crippen LogP contribution in [-0.4, -0.2) is 33.7 Å². The largest absolute Gasteiger partial charge is 0.497 e. The number of hydrogen-bond acceptors (Lipinski definition) is 8. The maximum absolute atomic E-state index is 13.6. The second-order valence-electron chi connectivity index (χ2n) is 11.7. The van der Waals surface area contributed by atoms with E-state index in [4.69, 9.17) is 19.2 Å². The number of rotatable bonds is 6. The molecular formula is C36H32N2O7. The molecule has 228 valence electrons. The van der Waals surface area contributed by atoms with E-state index in [0.717, 1.165) is 38.6 Å². The Morgan fingerprint density at radius 1 is 1.02 bits per heavy atom. The number of pyridine rings is 2. The van der Waals surface area contributed by atoms with Gasteiger partial charge in [0.25, 0.3) is 5.56 Å². The van der Waals surface area contributed by atoms with Crippen LogP contribution in [0, 0.1) is 0 Å². The number of carbonyl (C=O) groups is 2. The van der Waals surface area contributed by atoms with Crippen molar-refractivity contribution in [3.63, 3.8) is 0 Å². The van der Waals surface area contributed by atoms with Gasteiger partial charge in [-0.15, -0.1) is 0 Å². The first-order chi connectivity index (χ1) is 21.7. The Morgan fingerprint density at radius 2 is 1.78 bits per heavy atom. The number of carbonyl (C=O) groups excluding carboxylic acids is 2. The quantitative estimate of drug-likeness (QED) is 0.195. The van der Waals surface area contributed by atoms with Crippen LogP contribution in [-0.2, 0) is 39.5 Å². The van der Waals surface area contributed by atoms with Crippen LogP contribution in [0.4, 0.5) is 0 Å². The minimum absolute atomic E-state index is 0.0795. The highest BCUT2D eigenvalue weighted by molar-refractivity contribution is 5.91. The van der Waals surface area contributed by atoms with Crippen molar-refractivity contribution in [2.75, 3.05) is 7.11 Å². The predicted molar refractivity (Wildman–Crippen MR) is 168 cm³/mol. The summed E-state index contributed by atoms with van der Waals surface area (Å²) in [5.74, 6) is -0.442. The number of benzene rings is 3. The highest BCUT2D eigenvalue weighted by atomic mass is 16.6. The van der Waals surface area contributed by atoms with E-state index >= 15 is 0 Å². The molecule has 0 bridgehead atoms. The predicted octanol–water partition coefficient (Wildman–Crippen LogP) is 5.51. The first-order valence-electron chi connectivity index (χ1n) is 15.1. The average molecular weight is 605 g/mol. The van der Waals surface area contributed by atoms with Crippen molar-refractivity contribution in [2.24, 2.45) is 0 Å². The van der Waals surface area contributed by atoms with Gasteiger partial charge in [0.15, 0.2) is 5.60 Å². The molecular weight excluding hydrogens is 572 g/mol. The zero-order chi connectivity index (χ0) is 31.6. The fraction of sp³-hybridized carbons (Fsp3) is 0.278.